The molecule has 1 spiro atoms. The Kier molecular flexibility index (Phi) is 4.08. The van der Waals surface area contributed by atoms with E-state index >= 15 is 0 Å². The van der Waals surface area contributed by atoms with Crippen molar-refractivity contribution in [2.24, 2.45) is 0 Å². The molecule has 0 bridgehead atoms. The van der Waals surface area contributed by atoms with Crippen molar-refractivity contribution in [3.63, 3.8) is 0 Å². The Labute approximate surface area is 126 Å². The van der Waals surface area contributed by atoms with Crippen molar-refractivity contribution in [1.29, 1.82) is 0 Å². The number of rotatable bonds is 2. The summed E-state index contributed by atoms with van der Waals surface area (Å²) in [7, 11) is -3.44. The zero-order valence-electron chi connectivity index (χ0n) is 12.4. The van der Waals surface area contributed by atoms with Crippen LogP contribution in [0.2, 0.25) is 0 Å². The quantitative estimate of drug-likeness (QED) is 0.843. The molecule has 3 rings (SSSR count). The monoisotopic (exact) mass is 310 g/mol. The van der Waals surface area contributed by atoms with E-state index in [1.807, 2.05) is 19.1 Å². The second-order valence-electron chi connectivity index (χ2n) is 5.95. The highest BCUT2D eigenvalue weighted by atomic mass is 32.2. The number of ether oxygens (including phenoxy) is 2. The molecule has 2 saturated heterocycles. The largest absolute Gasteiger partial charge is 0.349 e. The van der Waals surface area contributed by atoms with E-state index in [4.69, 9.17) is 9.47 Å². The molecule has 1 unspecified atom stereocenters. The van der Waals surface area contributed by atoms with Gasteiger partial charge in [0, 0.05) is 6.42 Å². The molecule has 0 aliphatic carbocycles. The summed E-state index contributed by atoms with van der Waals surface area (Å²) in [6.07, 6.45) is 3.97. The predicted molar refractivity (Wildman–Crippen MR) is 79.9 cm³/mol. The average Bonchev–Trinajstić information content (AvgIpc) is 2.49. The van der Waals surface area contributed by atoms with Gasteiger partial charge >= 0.3 is 0 Å². The van der Waals surface area contributed by atoms with Crippen LogP contribution in [0.3, 0.4) is 0 Å². The number of benzene rings is 1. The summed E-state index contributed by atoms with van der Waals surface area (Å²) in [5.41, 5.74) is 1.05. The fourth-order valence-corrected chi connectivity index (χ4v) is 5.32. The maximum atomic E-state index is 13.0. The lowest BCUT2D eigenvalue weighted by molar-refractivity contribution is -0.268. The summed E-state index contributed by atoms with van der Waals surface area (Å²) in [5, 5.41) is -0.596. The molecule has 2 fully saturated rings. The van der Waals surface area contributed by atoms with Crippen molar-refractivity contribution in [3.8, 4) is 0 Å². The molecule has 0 aromatic heterocycles. The lowest BCUT2D eigenvalue weighted by Gasteiger charge is -2.45. The third kappa shape index (κ3) is 2.74. The fraction of sp³-hybridized carbons (Fsp3) is 0.625. The second-order valence-corrected chi connectivity index (χ2v) is 8.09. The van der Waals surface area contributed by atoms with E-state index in [-0.39, 0.29) is 0 Å². The number of hydrogen-bond acceptors (Lipinski definition) is 4. The van der Waals surface area contributed by atoms with E-state index < -0.39 is 20.9 Å². The number of aryl methyl sites for hydroxylation is 1. The first-order valence-electron chi connectivity index (χ1n) is 7.63. The van der Waals surface area contributed by atoms with Gasteiger partial charge in [0.05, 0.1) is 18.1 Å². The lowest BCUT2D eigenvalue weighted by atomic mass is 9.97. The molecular weight excluding hydrogens is 288 g/mol. The van der Waals surface area contributed by atoms with Gasteiger partial charge < -0.3 is 9.47 Å². The molecule has 0 N–H and O–H groups in total. The Morgan fingerprint density at radius 3 is 2.38 bits per heavy atom. The van der Waals surface area contributed by atoms with Gasteiger partial charge in [0.25, 0.3) is 0 Å². The van der Waals surface area contributed by atoms with Crippen LogP contribution in [0, 0.1) is 6.92 Å². The summed E-state index contributed by atoms with van der Waals surface area (Å²) >= 11 is 0. The first-order chi connectivity index (χ1) is 10.0. The SMILES string of the molecule is Cc1ccc(S(=O)(=O)[C@H]2CCCOC23CCCCO3)cc1. The fourth-order valence-electron chi connectivity index (χ4n) is 3.27. The zero-order chi connectivity index (χ0) is 14.9. The van der Waals surface area contributed by atoms with E-state index in [0.717, 1.165) is 24.8 Å². The molecule has 4 nitrogen and oxygen atoms in total. The summed E-state index contributed by atoms with van der Waals surface area (Å²) in [5.74, 6) is -0.930. The van der Waals surface area contributed by atoms with Crippen molar-refractivity contribution < 1.29 is 17.9 Å². The van der Waals surface area contributed by atoms with E-state index in [9.17, 15) is 8.42 Å². The first kappa shape index (κ1) is 15.0. The molecule has 0 amide bonds. The molecule has 1 aromatic carbocycles. The highest BCUT2D eigenvalue weighted by Gasteiger charge is 2.51. The highest BCUT2D eigenvalue weighted by molar-refractivity contribution is 7.92. The standard InChI is InChI=1S/C16H22O4S/c1-13-6-8-14(9-7-13)21(17,18)15-5-4-12-20-16(15)10-2-3-11-19-16/h6-9,15H,2-5,10-12H2,1H3/t15-,16?/m0/s1. The van der Waals surface area contributed by atoms with E-state index in [1.165, 1.54) is 0 Å². The second kappa shape index (κ2) is 5.71. The van der Waals surface area contributed by atoms with Crippen LogP contribution in [0.15, 0.2) is 29.2 Å². The summed E-state index contributed by atoms with van der Waals surface area (Å²) in [6.45, 7) is 3.12. The molecule has 2 aliphatic rings. The Morgan fingerprint density at radius 1 is 1.05 bits per heavy atom. The molecule has 2 aliphatic heterocycles. The minimum atomic E-state index is -3.44. The van der Waals surface area contributed by atoms with Gasteiger partial charge in [-0.25, -0.2) is 8.42 Å². The molecule has 5 heteroatoms. The number of sulfone groups is 1. The van der Waals surface area contributed by atoms with Gasteiger partial charge in [-0.2, -0.15) is 0 Å². The van der Waals surface area contributed by atoms with Crippen LogP contribution in [0.5, 0.6) is 0 Å². The molecule has 116 valence electrons. The minimum absolute atomic E-state index is 0.372. The van der Waals surface area contributed by atoms with E-state index in [0.29, 0.717) is 31.0 Å². The molecular formula is C16H22O4S. The summed E-state index contributed by atoms with van der Waals surface area (Å²) < 4.78 is 37.7. The van der Waals surface area contributed by atoms with Crippen molar-refractivity contribution >= 4 is 9.84 Å². The van der Waals surface area contributed by atoms with Gasteiger partial charge in [0.15, 0.2) is 15.6 Å². The third-order valence-electron chi connectivity index (χ3n) is 4.44. The minimum Gasteiger partial charge on any atom is -0.349 e. The first-order valence-corrected chi connectivity index (χ1v) is 9.18. The van der Waals surface area contributed by atoms with Crippen LogP contribution in [0.25, 0.3) is 0 Å². The van der Waals surface area contributed by atoms with Crippen molar-refractivity contribution in [2.45, 2.75) is 55.0 Å². The van der Waals surface area contributed by atoms with E-state index in [1.54, 1.807) is 12.1 Å². The topological polar surface area (TPSA) is 52.6 Å². The smallest absolute Gasteiger partial charge is 0.186 e. The highest BCUT2D eigenvalue weighted by Crippen LogP contribution is 2.40. The predicted octanol–water partition coefficient (Wildman–Crippen LogP) is 2.84. The third-order valence-corrected chi connectivity index (χ3v) is 6.71. The van der Waals surface area contributed by atoms with Crippen LogP contribution < -0.4 is 0 Å². The van der Waals surface area contributed by atoms with Crippen LogP contribution in [0.1, 0.15) is 37.7 Å². The Bertz CT molecular complexity index is 577. The summed E-state index contributed by atoms with van der Waals surface area (Å²) in [4.78, 5) is 0.372. The molecule has 0 radical (unpaired) electrons. The molecule has 2 atom stereocenters. The molecule has 21 heavy (non-hydrogen) atoms. The van der Waals surface area contributed by atoms with Crippen LogP contribution in [-0.4, -0.2) is 32.7 Å². The lowest BCUT2D eigenvalue weighted by Crippen LogP contribution is -2.55. The Hall–Kier alpha value is -0.910. The maximum absolute atomic E-state index is 13.0. The summed E-state index contributed by atoms with van der Waals surface area (Å²) in [6, 6.07) is 7.06. The van der Waals surface area contributed by atoms with Gasteiger partial charge in [0.1, 0.15) is 5.25 Å². The Balaban J connectivity index is 1.97. The normalized spacial score (nSPS) is 30.4. The molecule has 2 heterocycles. The van der Waals surface area contributed by atoms with Gasteiger partial charge in [-0.1, -0.05) is 17.7 Å². The maximum Gasteiger partial charge on any atom is 0.186 e. The van der Waals surface area contributed by atoms with Crippen molar-refractivity contribution in [2.75, 3.05) is 13.2 Å². The Morgan fingerprint density at radius 2 is 1.71 bits per heavy atom. The van der Waals surface area contributed by atoms with E-state index in [2.05, 4.69) is 0 Å². The number of hydrogen-bond donors (Lipinski definition) is 0. The van der Waals surface area contributed by atoms with Gasteiger partial charge in [-0.05, 0) is 44.7 Å². The van der Waals surface area contributed by atoms with Crippen LogP contribution in [-0.2, 0) is 19.3 Å². The van der Waals surface area contributed by atoms with Gasteiger partial charge in [-0.3, -0.25) is 0 Å². The molecule has 1 aromatic rings. The van der Waals surface area contributed by atoms with Gasteiger partial charge in [0.2, 0.25) is 0 Å². The van der Waals surface area contributed by atoms with Crippen LogP contribution in [0.4, 0.5) is 0 Å². The zero-order valence-corrected chi connectivity index (χ0v) is 13.2. The van der Waals surface area contributed by atoms with Crippen molar-refractivity contribution in [3.05, 3.63) is 29.8 Å². The average molecular weight is 310 g/mol. The van der Waals surface area contributed by atoms with Crippen molar-refractivity contribution in [1.82, 2.24) is 0 Å². The van der Waals surface area contributed by atoms with Crippen LogP contribution >= 0.6 is 0 Å². The van der Waals surface area contributed by atoms with Gasteiger partial charge in [-0.15, -0.1) is 0 Å². The molecule has 0 saturated carbocycles.